The molecule has 0 bridgehead atoms. The number of aromatic nitrogens is 1. The number of thiazole rings is 1. The van der Waals surface area contributed by atoms with E-state index in [0.29, 0.717) is 27.3 Å². The molecule has 3 aromatic carbocycles. The molecule has 0 aliphatic rings. The van der Waals surface area contributed by atoms with Gasteiger partial charge in [0.2, 0.25) is 0 Å². The van der Waals surface area contributed by atoms with Crippen molar-refractivity contribution >= 4 is 54.8 Å². The quantitative estimate of drug-likeness (QED) is 0.387. The molecule has 1 N–H and O–H groups in total. The van der Waals surface area contributed by atoms with Crippen molar-refractivity contribution < 1.29 is 17.9 Å². The lowest BCUT2D eigenvalue weighted by Gasteiger charge is -2.13. The van der Waals surface area contributed by atoms with Gasteiger partial charge in [-0.15, -0.1) is 0 Å². The summed E-state index contributed by atoms with van der Waals surface area (Å²) in [6.07, 6.45) is 0. The Morgan fingerprint density at radius 2 is 1.85 bits per heavy atom. The van der Waals surface area contributed by atoms with Crippen LogP contribution in [0.5, 0.6) is 0 Å². The second-order valence-electron chi connectivity index (χ2n) is 7.29. The molecule has 1 heterocycles. The molecule has 0 saturated carbocycles. The molecule has 7 nitrogen and oxygen atoms in total. The number of sulfonamides is 1. The third-order valence-electron chi connectivity index (χ3n) is 5.19. The lowest BCUT2D eigenvalue weighted by atomic mass is 10.1. The molecular weight excluding hydrogens is 484 g/mol. The molecule has 0 aliphatic heterocycles. The van der Waals surface area contributed by atoms with Crippen molar-refractivity contribution in [1.82, 2.24) is 4.57 Å². The van der Waals surface area contributed by atoms with Crippen LogP contribution in [-0.2, 0) is 21.3 Å². The van der Waals surface area contributed by atoms with E-state index in [2.05, 4.69) is 4.72 Å². The molecule has 0 saturated heterocycles. The summed E-state index contributed by atoms with van der Waals surface area (Å²) >= 11 is 6.91. The van der Waals surface area contributed by atoms with E-state index in [1.54, 1.807) is 47.9 Å². The highest BCUT2D eigenvalue weighted by Gasteiger charge is 2.20. The maximum atomic E-state index is 13.0. The van der Waals surface area contributed by atoms with Gasteiger partial charge in [0, 0.05) is 5.02 Å². The lowest BCUT2D eigenvalue weighted by molar-refractivity contribution is 0.0600. The Kier molecular flexibility index (Phi) is 6.29. The minimum Gasteiger partial charge on any atom is -0.465 e. The summed E-state index contributed by atoms with van der Waals surface area (Å²) in [6.45, 7) is 1.98. The average Bonchev–Trinajstić information content (AvgIpc) is 3.10. The predicted molar refractivity (Wildman–Crippen MR) is 130 cm³/mol. The van der Waals surface area contributed by atoms with Crippen LogP contribution >= 0.6 is 22.9 Å². The van der Waals surface area contributed by atoms with Crippen LogP contribution in [0.1, 0.15) is 21.5 Å². The fourth-order valence-electron chi connectivity index (χ4n) is 3.42. The van der Waals surface area contributed by atoms with Crippen molar-refractivity contribution in [2.24, 2.45) is 0 Å². The zero-order chi connectivity index (χ0) is 23.8. The summed E-state index contributed by atoms with van der Waals surface area (Å²) in [7, 11) is -2.70. The smallest absolute Gasteiger partial charge is 0.338 e. The number of benzene rings is 3. The molecule has 170 valence electrons. The number of rotatable bonds is 6. The van der Waals surface area contributed by atoms with Gasteiger partial charge in [-0.1, -0.05) is 41.1 Å². The Morgan fingerprint density at radius 1 is 1.12 bits per heavy atom. The normalized spacial score (nSPS) is 11.5. The highest BCUT2D eigenvalue weighted by atomic mass is 35.5. The molecule has 0 fully saturated rings. The number of carbonyl (C=O) groups is 1. The van der Waals surface area contributed by atoms with Gasteiger partial charge in [0.25, 0.3) is 10.0 Å². The predicted octanol–water partition coefficient (Wildman–Crippen LogP) is 4.66. The summed E-state index contributed by atoms with van der Waals surface area (Å²) in [5.74, 6) is -0.554. The fraction of sp³-hybridized carbons (Fsp3) is 0.130. The Balaban J connectivity index is 1.67. The number of methoxy groups -OCH3 is 1. The number of carbonyl (C=O) groups excluding carboxylic acids is 1. The molecular formula is C23H19ClN2O5S2. The van der Waals surface area contributed by atoms with Crippen LogP contribution in [0.2, 0.25) is 5.02 Å². The van der Waals surface area contributed by atoms with E-state index >= 15 is 0 Å². The van der Waals surface area contributed by atoms with E-state index in [9.17, 15) is 18.0 Å². The maximum absolute atomic E-state index is 13.0. The van der Waals surface area contributed by atoms with Crippen LogP contribution in [-0.4, -0.2) is 26.1 Å². The minimum atomic E-state index is -3.97. The van der Waals surface area contributed by atoms with E-state index in [1.807, 2.05) is 12.1 Å². The number of fused-ring (bicyclic) bond motifs is 1. The molecule has 0 radical (unpaired) electrons. The van der Waals surface area contributed by atoms with Gasteiger partial charge in [0.05, 0.1) is 40.0 Å². The van der Waals surface area contributed by atoms with Crippen LogP contribution in [0, 0.1) is 6.92 Å². The number of anilines is 1. The number of hydrogen-bond donors (Lipinski definition) is 1. The van der Waals surface area contributed by atoms with Crippen molar-refractivity contribution in [2.75, 3.05) is 11.8 Å². The second-order valence-corrected chi connectivity index (χ2v) is 10.4. The van der Waals surface area contributed by atoms with Crippen molar-refractivity contribution in [2.45, 2.75) is 18.4 Å². The van der Waals surface area contributed by atoms with E-state index in [4.69, 9.17) is 16.3 Å². The van der Waals surface area contributed by atoms with Crippen molar-refractivity contribution in [1.29, 1.82) is 0 Å². The minimum absolute atomic E-state index is 0.0118. The number of ether oxygens (including phenoxy) is 1. The summed E-state index contributed by atoms with van der Waals surface area (Å²) in [4.78, 5) is 24.3. The number of nitrogens with one attached hydrogen (secondary N) is 1. The van der Waals surface area contributed by atoms with Crippen LogP contribution < -0.4 is 9.60 Å². The maximum Gasteiger partial charge on any atom is 0.338 e. The highest BCUT2D eigenvalue weighted by Crippen LogP contribution is 2.26. The Morgan fingerprint density at radius 3 is 2.55 bits per heavy atom. The van der Waals surface area contributed by atoms with Gasteiger partial charge in [-0.25, -0.2) is 13.2 Å². The second kappa shape index (κ2) is 9.01. The monoisotopic (exact) mass is 502 g/mol. The third-order valence-corrected chi connectivity index (χ3v) is 7.74. The first kappa shape index (κ1) is 23.0. The Labute approximate surface area is 199 Å². The third kappa shape index (κ3) is 4.66. The van der Waals surface area contributed by atoms with Gasteiger partial charge < -0.3 is 4.74 Å². The SMILES string of the molecule is COC(=O)c1cccc(NS(=O)(=O)c2ccc3c(c2)sc(=O)n3Cc2ccc(Cl)cc2)c1C. The first-order valence-electron chi connectivity index (χ1n) is 9.78. The van der Waals surface area contributed by atoms with Gasteiger partial charge in [-0.3, -0.25) is 14.1 Å². The van der Waals surface area contributed by atoms with E-state index in [1.165, 1.54) is 19.2 Å². The molecule has 4 rings (SSSR count). The van der Waals surface area contributed by atoms with E-state index in [0.717, 1.165) is 16.9 Å². The van der Waals surface area contributed by atoms with Gasteiger partial charge in [0.1, 0.15) is 0 Å². The number of hydrogen-bond acceptors (Lipinski definition) is 6. The topological polar surface area (TPSA) is 94.5 Å². The Hall–Kier alpha value is -3.14. The zero-order valence-electron chi connectivity index (χ0n) is 17.7. The van der Waals surface area contributed by atoms with Gasteiger partial charge in [-0.05, 0) is 60.5 Å². The number of esters is 1. The standard InChI is InChI=1S/C23H19ClN2O5S2/c1-14-18(22(27)31-2)4-3-5-19(14)25-33(29,30)17-10-11-20-21(12-17)32-23(28)26(20)13-15-6-8-16(24)9-7-15/h3-12,25H,13H2,1-2H3. The molecule has 4 aromatic rings. The molecule has 0 unspecified atom stereocenters. The molecule has 1 aromatic heterocycles. The molecule has 0 atom stereocenters. The number of halogens is 1. The molecule has 0 amide bonds. The van der Waals surface area contributed by atoms with Crippen LogP contribution in [0.15, 0.2) is 70.4 Å². The van der Waals surface area contributed by atoms with Crippen LogP contribution in [0.4, 0.5) is 5.69 Å². The molecule has 10 heteroatoms. The molecule has 0 spiro atoms. The van der Waals surface area contributed by atoms with Crippen LogP contribution in [0.3, 0.4) is 0 Å². The van der Waals surface area contributed by atoms with Crippen molar-refractivity contribution in [3.63, 3.8) is 0 Å². The average molecular weight is 503 g/mol. The van der Waals surface area contributed by atoms with Gasteiger partial charge in [-0.2, -0.15) is 0 Å². The van der Waals surface area contributed by atoms with Gasteiger partial charge >= 0.3 is 10.8 Å². The molecule has 33 heavy (non-hydrogen) atoms. The first-order valence-corrected chi connectivity index (χ1v) is 12.5. The first-order chi connectivity index (χ1) is 15.7. The van der Waals surface area contributed by atoms with Crippen molar-refractivity contribution in [3.05, 3.63) is 92.0 Å². The fourth-order valence-corrected chi connectivity index (χ4v) is 5.70. The largest absolute Gasteiger partial charge is 0.465 e. The zero-order valence-corrected chi connectivity index (χ0v) is 20.1. The Bertz CT molecular complexity index is 1520. The van der Waals surface area contributed by atoms with Gasteiger partial charge in [0.15, 0.2) is 0 Å². The lowest BCUT2D eigenvalue weighted by Crippen LogP contribution is -2.15. The molecule has 0 aliphatic carbocycles. The van der Waals surface area contributed by atoms with E-state index in [-0.39, 0.29) is 21.0 Å². The van der Waals surface area contributed by atoms with Crippen molar-refractivity contribution in [3.8, 4) is 0 Å². The van der Waals surface area contributed by atoms with Crippen LogP contribution in [0.25, 0.3) is 10.2 Å². The number of nitrogens with zero attached hydrogens (tertiary/aromatic N) is 1. The highest BCUT2D eigenvalue weighted by molar-refractivity contribution is 7.92. The summed E-state index contributed by atoms with van der Waals surface area (Å²) in [5, 5.41) is 0.607. The summed E-state index contributed by atoms with van der Waals surface area (Å²) in [5.41, 5.74) is 2.54. The van der Waals surface area contributed by atoms with E-state index < -0.39 is 16.0 Å². The summed E-state index contributed by atoms with van der Waals surface area (Å²) in [6, 6.07) is 16.4. The summed E-state index contributed by atoms with van der Waals surface area (Å²) < 4.78 is 35.5.